The Balaban J connectivity index is 1.53. The Morgan fingerprint density at radius 2 is 1.87 bits per heavy atom. The van der Waals surface area contributed by atoms with E-state index in [4.69, 9.17) is 0 Å². The molecule has 0 bridgehead atoms. The van der Waals surface area contributed by atoms with Crippen LogP contribution in [0.2, 0.25) is 0 Å². The third-order valence-corrected chi connectivity index (χ3v) is 5.76. The quantitative estimate of drug-likeness (QED) is 0.852. The van der Waals surface area contributed by atoms with Crippen molar-refractivity contribution < 1.29 is 0 Å². The molecular weight excluding hydrogens is 350 g/mol. The summed E-state index contributed by atoms with van der Waals surface area (Å²) in [5, 5.41) is 3.71. The molecule has 0 saturated carbocycles. The van der Waals surface area contributed by atoms with E-state index in [9.17, 15) is 0 Å². The molecule has 1 N–H and O–H groups in total. The van der Waals surface area contributed by atoms with E-state index in [1.165, 1.54) is 34.1 Å². The molecule has 1 aliphatic heterocycles. The number of nitrogens with one attached hydrogen (secondary N) is 1. The molecule has 122 valence electrons. The number of benzene rings is 1. The summed E-state index contributed by atoms with van der Waals surface area (Å²) >= 11 is 3.64. The fraction of sp³-hybridized carbons (Fsp3) is 0.421. The van der Waals surface area contributed by atoms with Gasteiger partial charge in [-0.25, -0.2) is 0 Å². The van der Waals surface area contributed by atoms with E-state index in [2.05, 4.69) is 69.2 Å². The minimum absolute atomic E-state index is 0.565. The number of aryl methyl sites for hydroxylation is 2. The molecule has 1 saturated heterocycles. The number of piperidine rings is 1. The van der Waals surface area contributed by atoms with E-state index in [1.54, 1.807) is 0 Å². The highest BCUT2D eigenvalue weighted by atomic mass is 79.9. The molecule has 0 spiro atoms. The van der Waals surface area contributed by atoms with Gasteiger partial charge in [-0.05, 0) is 62.1 Å². The minimum Gasteiger partial charge on any atom is -0.382 e. The molecule has 0 aliphatic carbocycles. The third kappa shape index (κ3) is 4.33. The minimum atomic E-state index is 0.565. The fourth-order valence-corrected chi connectivity index (χ4v) is 3.45. The van der Waals surface area contributed by atoms with Crippen LogP contribution < -0.4 is 5.32 Å². The average Bonchev–Trinajstić information content (AvgIpc) is 2.55. The number of hydrogen-bond acceptors (Lipinski definition) is 3. The predicted molar refractivity (Wildman–Crippen MR) is 99.8 cm³/mol. The molecule has 2 heterocycles. The summed E-state index contributed by atoms with van der Waals surface area (Å²) in [5.41, 5.74) is 4.99. The van der Waals surface area contributed by atoms with Gasteiger partial charge in [0.2, 0.25) is 0 Å². The molecule has 0 amide bonds. The van der Waals surface area contributed by atoms with E-state index in [0.29, 0.717) is 6.04 Å². The number of rotatable bonds is 4. The highest BCUT2D eigenvalue weighted by Crippen LogP contribution is 2.26. The Labute approximate surface area is 147 Å². The zero-order valence-corrected chi connectivity index (χ0v) is 15.4. The molecule has 23 heavy (non-hydrogen) atoms. The lowest BCUT2D eigenvalue weighted by Gasteiger charge is -2.32. The van der Waals surface area contributed by atoms with Crippen molar-refractivity contribution in [3.05, 3.63) is 57.8 Å². The summed E-state index contributed by atoms with van der Waals surface area (Å²) < 4.78 is 1.22. The SMILES string of the molecule is Cc1cc(NC2CCN(Cc3ccccn3)CC2)cc(C)c1Br. The van der Waals surface area contributed by atoms with Crippen LogP contribution in [0.3, 0.4) is 0 Å². The summed E-state index contributed by atoms with van der Waals surface area (Å²) in [5.74, 6) is 0. The first-order valence-electron chi connectivity index (χ1n) is 8.27. The molecule has 0 radical (unpaired) electrons. The van der Waals surface area contributed by atoms with E-state index < -0.39 is 0 Å². The third-order valence-electron chi connectivity index (χ3n) is 4.51. The lowest BCUT2D eigenvalue weighted by molar-refractivity contribution is 0.209. The zero-order valence-electron chi connectivity index (χ0n) is 13.8. The first kappa shape index (κ1) is 16.5. The van der Waals surface area contributed by atoms with Gasteiger partial charge in [-0.2, -0.15) is 0 Å². The monoisotopic (exact) mass is 373 g/mol. The molecule has 0 unspecified atom stereocenters. The smallest absolute Gasteiger partial charge is 0.0543 e. The summed E-state index contributed by atoms with van der Waals surface area (Å²) in [6.07, 6.45) is 4.24. The second kappa shape index (κ2) is 7.45. The summed E-state index contributed by atoms with van der Waals surface area (Å²) in [6, 6.07) is 11.2. The molecule has 3 rings (SSSR count). The second-order valence-corrected chi connectivity index (χ2v) is 7.23. The van der Waals surface area contributed by atoms with Crippen LogP contribution in [0.4, 0.5) is 5.69 Å². The highest BCUT2D eigenvalue weighted by Gasteiger charge is 2.19. The van der Waals surface area contributed by atoms with Crippen molar-refractivity contribution in [2.24, 2.45) is 0 Å². The Morgan fingerprint density at radius 1 is 1.17 bits per heavy atom. The lowest BCUT2D eigenvalue weighted by atomic mass is 10.0. The predicted octanol–water partition coefficient (Wildman–Crippen LogP) is 4.54. The largest absolute Gasteiger partial charge is 0.382 e. The Hall–Kier alpha value is -1.39. The second-order valence-electron chi connectivity index (χ2n) is 6.44. The van der Waals surface area contributed by atoms with Crippen molar-refractivity contribution >= 4 is 21.6 Å². The maximum Gasteiger partial charge on any atom is 0.0543 e. The van der Waals surface area contributed by atoms with Gasteiger partial charge in [0, 0.05) is 42.0 Å². The number of halogens is 1. The first-order valence-corrected chi connectivity index (χ1v) is 9.06. The topological polar surface area (TPSA) is 28.2 Å². The molecule has 4 heteroatoms. The zero-order chi connectivity index (χ0) is 16.2. The highest BCUT2D eigenvalue weighted by molar-refractivity contribution is 9.10. The maximum absolute atomic E-state index is 4.43. The lowest BCUT2D eigenvalue weighted by Crippen LogP contribution is -2.38. The summed E-state index contributed by atoms with van der Waals surface area (Å²) in [6.45, 7) is 7.52. The van der Waals surface area contributed by atoms with Crippen molar-refractivity contribution in [2.45, 2.75) is 39.3 Å². The van der Waals surface area contributed by atoms with Crippen molar-refractivity contribution in [3.63, 3.8) is 0 Å². The Kier molecular flexibility index (Phi) is 5.34. The van der Waals surface area contributed by atoms with Crippen LogP contribution in [0, 0.1) is 13.8 Å². The van der Waals surface area contributed by atoms with Gasteiger partial charge in [0.15, 0.2) is 0 Å². The maximum atomic E-state index is 4.43. The number of likely N-dealkylation sites (tertiary alicyclic amines) is 1. The van der Waals surface area contributed by atoms with Crippen molar-refractivity contribution in [2.75, 3.05) is 18.4 Å². The van der Waals surface area contributed by atoms with Gasteiger partial charge in [-0.3, -0.25) is 9.88 Å². The number of nitrogens with zero attached hydrogens (tertiary/aromatic N) is 2. The first-order chi connectivity index (χ1) is 11.1. The molecule has 1 fully saturated rings. The van der Waals surface area contributed by atoms with Gasteiger partial charge in [0.25, 0.3) is 0 Å². The molecule has 1 aliphatic rings. The standard InChI is InChI=1S/C19H24BrN3/c1-14-11-18(12-15(2)19(14)20)22-16-6-9-23(10-7-16)13-17-5-3-4-8-21-17/h3-5,8,11-12,16,22H,6-7,9-10,13H2,1-2H3. The molecule has 2 aromatic rings. The average molecular weight is 374 g/mol. The van der Waals surface area contributed by atoms with Crippen LogP contribution >= 0.6 is 15.9 Å². The number of anilines is 1. The normalized spacial score (nSPS) is 16.5. The van der Waals surface area contributed by atoms with Gasteiger partial charge < -0.3 is 5.32 Å². The fourth-order valence-electron chi connectivity index (χ4n) is 3.22. The van der Waals surface area contributed by atoms with Gasteiger partial charge in [-0.15, -0.1) is 0 Å². The van der Waals surface area contributed by atoms with Gasteiger partial charge in [0.05, 0.1) is 5.69 Å². The van der Waals surface area contributed by atoms with Crippen LogP contribution in [0.1, 0.15) is 29.7 Å². The number of pyridine rings is 1. The summed E-state index contributed by atoms with van der Waals surface area (Å²) in [7, 11) is 0. The molecule has 1 aromatic heterocycles. The van der Waals surface area contributed by atoms with Crippen molar-refractivity contribution in [1.29, 1.82) is 0 Å². The van der Waals surface area contributed by atoms with Gasteiger partial charge >= 0.3 is 0 Å². The Bertz CT molecular complexity index is 626. The summed E-state index contributed by atoms with van der Waals surface area (Å²) in [4.78, 5) is 6.92. The Morgan fingerprint density at radius 3 is 2.48 bits per heavy atom. The van der Waals surface area contributed by atoms with Crippen LogP contribution in [0.5, 0.6) is 0 Å². The molecule has 0 atom stereocenters. The van der Waals surface area contributed by atoms with Crippen LogP contribution in [0.25, 0.3) is 0 Å². The number of aromatic nitrogens is 1. The van der Waals surface area contributed by atoms with E-state index in [0.717, 1.165) is 25.3 Å². The van der Waals surface area contributed by atoms with Crippen molar-refractivity contribution in [1.82, 2.24) is 9.88 Å². The van der Waals surface area contributed by atoms with E-state index >= 15 is 0 Å². The van der Waals surface area contributed by atoms with Gasteiger partial charge in [-0.1, -0.05) is 22.0 Å². The molecule has 3 nitrogen and oxygen atoms in total. The molecule has 1 aromatic carbocycles. The van der Waals surface area contributed by atoms with E-state index in [-0.39, 0.29) is 0 Å². The van der Waals surface area contributed by atoms with Crippen LogP contribution in [-0.2, 0) is 6.54 Å². The number of hydrogen-bond donors (Lipinski definition) is 1. The van der Waals surface area contributed by atoms with Crippen molar-refractivity contribution in [3.8, 4) is 0 Å². The van der Waals surface area contributed by atoms with Crippen LogP contribution in [0.15, 0.2) is 41.0 Å². The molecular formula is C19H24BrN3. The van der Waals surface area contributed by atoms with Crippen LogP contribution in [-0.4, -0.2) is 29.0 Å². The van der Waals surface area contributed by atoms with Gasteiger partial charge in [0.1, 0.15) is 0 Å². The van der Waals surface area contributed by atoms with E-state index in [1.807, 2.05) is 12.3 Å².